The van der Waals surface area contributed by atoms with E-state index in [-0.39, 0.29) is 23.4 Å². The van der Waals surface area contributed by atoms with E-state index in [2.05, 4.69) is 31.4 Å². The smallest absolute Gasteiger partial charge is 0.227 e. The SMILES string of the molecule is CCC(CC)C(C)NC(=O)CC(N)=S. The highest BCUT2D eigenvalue weighted by molar-refractivity contribution is 7.80. The maximum absolute atomic E-state index is 11.3. The van der Waals surface area contributed by atoms with Gasteiger partial charge in [0.25, 0.3) is 0 Å². The Kier molecular flexibility index (Phi) is 6.45. The summed E-state index contributed by atoms with van der Waals surface area (Å²) in [5.74, 6) is 0.460. The molecule has 0 bridgehead atoms. The van der Waals surface area contributed by atoms with Crippen LogP contribution in [0.5, 0.6) is 0 Å². The van der Waals surface area contributed by atoms with Gasteiger partial charge < -0.3 is 11.1 Å². The topological polar surface area (TPSA) is 55.1 Å². The van der Waals surface area contributed by atoms with Gasteiger partial charge in [0.2, 0.25) is 5.91 Å². The van der Waals surface area contributed by atoms with Crippen LogP contribution < -0.4 is 11.1 Å². The molecular formula is C10H20N2OS. The summed E-state index contributed by atoms with van der Waals surface area (Å²) in [5.41, 5.74) is 5.28. The molecule has 0 aliphatic heterocycles. The summed E-state index contributed by atoms with van der Waals surface area (Å²) < 4.78 is 0. The second-order valence-corrected chi connectivity index (χ2v) is 4.10. The minimum absolute atomic E-state index is 0.0723. The molecule has 3 nitrogen and oxygen atoms in total. The first kappa shape index (κ1) is 13.4. The number of hydrogen-bond acceptors (Lipinski definition) is 2. The lowest BCUT2D eigenvalue weighted by Gasteiger charge is -2.22. The molecule has 0 radical (unpaired) electrons. The van der Waals surface area contributed by atoms with Gasteiger partial charge in [-0.05, 0) is 12.8 Å². The lowest BCUT2D eigenvalue weighted by molar-refractivity contribution is -0.120. The van der Waals surface area contributed by atoms with Crippen molar-refractivity contribution in [3.05, 3.63) is 0 Å². The van der Waals surface area contributed by atoms with Crippen LogP contribution in [0.2, 0.25) is 0 Å². The van der Waals surface area contributed by atoms with Crippen LogP contribution in [0, 0.1) is 5.92 Å². The van der Waals surface area contributed by atoms with Crippen LogP contribution in [0.3, 0.4) is 0 Å². The number of nitrogens with one attached hydrogen (secondary N) is 1. The van der Waals surface area contributed by atoms with Gasteiger partial charge in [-0.1, -0.05) is 38.9 Å². The first-order chi connectivity index (χ1) is 6.51. The van der Waals surface area contributed by atoms with Gasteiger partial charge in [-0.15, -0.1) is 0 Å². The quantitative estimate of drug-likeness (QED) is 0.663. The lowest BCUT2D eigenvalue weighted by Crippen LogP contribution is -2.39. The Labute approximate surface area is 91.4 Å². The Morgan fingerprint density at radius 2 is 1.93 bits per heavy atom. The van der Waals surface area contributed by atoms with Gasteiger partial charge in [0.05, 0.1) is 11.4 Å². The zero-order valence-electron chi connectivity index (χ0n) is 9.17. The summed E-state index contributed by atoms with van der Waals surface area (Å²) in [7, 11) is 0. The van der Waals surface area contributed by atoms with Crippen LogP contribution in [-0.2, 0) is 4.79 Å². The molecule has 0 rings (SSSR count). The van der Waals surface area contributed by atoms with Crippen molar-refractivity contribution in [3.63, 3.8) is 0 Å². The monoisotopic (exact) mass is 216 g/mol. The molecule has 0 aliphatic carbocycles. The van der Waals surface area contributed by atoms with Crippen molar-refractivity contribution in [1.82, 2.24) is 5.32 Å². The summed E-state index contributed by atoms with van der Waals surface area (Å²) in [4.78, 5) is 11.6. The number of thiocarbonyl (C=S) groups is 1. The Bertz CT molecular complexity index is 202. The molecule has 4 heteroatoms. The predicted octanol–water partition coefficient (Wildman–Crippen LogP) is 1.60. The number of carbonyl (C=O) groups is 1. The van der Waals surface area contributed by atoms with Crippen LogP contribution >= 0.6 is 12.2 Å². The fourth-order valence-corrected chi connectivity index (χ4v) is 1.71. The van der Waals surface area contributed by atoms with E-state index >= 15 is 0 Å². The average molecular weight is 216 g/mol. The highest BCUT2D eigenvalue weighted by atomic mass is 32.1. The fraction of sp³-hybridized carbons (Fsp3) is 0.800. The molecule has 1 amide bonds. The van der Waals surface area contributed by atoms with E-state index < -0.39 is 0 Å². The average Bonchev–Trinajstić information content (AvgIpc) is 2.04. The van der Waals surface area contributed by atoms with Crippen LogP contribution in [0.1, 0.15) is 40.0 Å². The highest BCUT2D eigenvalue weighted by Gasteiger charge is 2.15. The zero-order chi connectivity index (χ0) is 11.1. The third-order valence-corrected chi connectivity index (χ3v) is 2.62. The van der Waals surface area contributed by atoms with Crippen molar-refractivity contribution in [2.24, 2.45) is 11.7 Å². The molecule has 0 fully saturated rings. The van der Waals surface area contributed by atoms with Gasteiger partial charge in [0, 0.05) is 6.04 Å². The summed E-state index contributed by atoms with van der Waals surface area (Å²) in [6.07, 6.45) is 2.30. The largest absolute Gasteiger partial charge is 0.393 e. The van der Waals surface area contributed by atoms with E-state index in [0.717, 1.165) is 12.8 Å². The van der Waals surface area contributed by atoms with Crippen LogP contribution in [0.25, 0.3) is 0 Å². The van der Waals surface area contributed by atoms with Crippen molar-refractivity contribution in [3.8, 4) is 0 Å². The van der Waals surface area contributed by atoms with E-state index in [0.29, 0.717) is 5.92 Å². The maximum atomic E-state index is 11.3. The molecular weight excluding hydrogens is 196 g/mol. The minimum atomic E-state index is -0.0723. The zero-order valence-corrected chi connectivity index (χ0v) is 9.99. The molecule has 0 heterocycles. The molecule has 1 unspecified atom stereocenters. The second-order valence-electron chi connectivity index (χ2n) is 3.58. The third kappa shape index (κ3) is 5.17. The van der Waals surface area contributed by atoms with E-state index in [9.17, 15) is 4.79 Å². The summed E-state index contributed by atoms with van der Waals surface area (Å²) in [5, 5.41) is 2.91. The standard InChI is InChI=1S/C10H20N2OS/c1-4-8(5-2)7(3)12-10(13)6-9(11)14/h7-8H,4-6H2,1-3H3,(H2,11,14)(H,12,13). The molecule has 1 atom stereocenters. The predicted molar refractivity (Wildman–Crippen MR) is 63.1 cm³/mol. The minimum Gasteiger partial charge on any atom is -0.393 e. The molecule has 0 aliphatic rings. The van der Waals surface area contributed by atoms with Gasteiger partial charge in [0.1, 0.15) is 0 Å². The van der Waals surface area contributed by atoms with Crippen molar-refractivity contribution < 1.29 is 4.79 Å². The van der Waals surface area contributed by atoms with Crippen molar-refractivity contribution >= 4 is 23.1 Å². The first-order valence-electron chi connectivity index (χ1n) is 5.08. The molecule has 0 saturated carbocycles. The Morgan fingerprint density at radius 1 is 1.43 bits per heavy atom. The van der Waals surface area contributed by atoms with Gasteiger partial charge in [0.15, 0.2) is 0 Å². The number of rotatable bonds is 6. The van der Waals surface area contributed by atoms with Gasteiger partial charge in [-0.3, -0.25) is 4.79 Å². The molecule has 14 heavy (non-hydrogen) atoms. The number of hydrogen-bond donors (Lipinski definition) is 2. The van der Waals surface area contributed by atoms with Gasteiger partial charge in [-0.2, -0.15) is 0 Å². The molecule has 0 aromatic carbocycles. The van der Waals surface area contributed by atoms with Crippen LogP contribution in [0.4, 0.5) is 0 Å². The Balaban J connectivity index is 3.97. The molecule has 0 aromatic heterocycles. The normalized spacial score (nSPS) is 12.6. The molecule has 82 valence electrons. The number of nitrogens with two attached hydrogens (primary N) is 1. The first-order valence-corrected chi connectivity index (χ1v) is 5.49. The summed E-state index contributed by atoms with van der Waals surface area (Å²) >= 11 is 4.66. The van der Waals surface area contributed by atoms with E-state index in [1.54, 1.807) is 0 Å². The van der Waals surface area contributed by atoms with Crippen molar-refractivity contribution in [2.45, 2.75) is 46.1 Å². The van der Waals surface area contributed by atoms with Crippen LogP contribution in [0.15, 0.2) is 0 Å². The number of carbonyl (C=O) groups excluding carboxylic acids is 1. The fourth-order valence-electron chi connectivity index (χ4n) is 1.58. The second kappa shape index (κ2) is 6.76. The van der Waals surface area contributed by atoms with Crippen LogP contribution in [-0.4, -0.2) is 16.9 Å². The molecule has 3 N–H and O–H groups in total. The van der Waals surface area contributed by atoms with Gasteiger partial charge in [-0.25, -0.2) is 0 Å². The van der Waals surface area contributed by atoms with Gasteiger partial charge >= 0.3 is 0 Å². The lowest BCUT2D eigenvalue weighted by atomic mass is 9.95. The number of amides is 1. The Hall–Kier alpha value is -0.640. The molecule has 0 saturated heterocycles. The van der Waals surface area contributed by atoms with E-state index in [1.807, 2.05) is 6.92 Å². The third-order valence-electron chi connectivity index (χ3n) is 2.48. The highest BCUT2D eigenvalue weighted by Crippen LogP contribution is 2.12. The van der Waals surface area contributed by atoms with E-state index in [4.69, 9.17) is 5.73 Å². The molecule has 0 spiro atoms. The molecule has 0 aromatic rings. The summed E-state index contributed by atoms with van der Waals surface area (Å²) in [6, 6.07) is 0.201. The Morgan fingerprint density at radius 3 is 2.29 bits per heavy atom. The van der Waals surface area contributed by atoms with Crippen molar-refractivity contribution in [2.75, 3.05) is 0 Å². The summed E-state index contributed by atoms with van der Waals surface area (Å²) in [6.45, 7) is 6.28. The van der Waals surface area contributed by atoms with Crippen molar-refractivity contribution in [1.29, 1.82) is 0 Å². The van der Waals surface area contributed by atoms with E-state index in [1.165, 1.54) is 0 Å². The maximum Gasteiger partial charge on any atom is 0.227 e.